The van der Waals surface area contributed by atoms with E-state index in [1.807, 2.05) is 0 Å². The molecule has 0 aromatic rings. The average Bonchev–Trinajstić information content (AvgIpc) is 2.83. The zero-order chi connectivity index (χ0) is 10.0. The van der Waals surface area contributed by atoms with Crippen LogP contribution in [0.5, 0.6) is 0 Å². The minimum Gasteiger partial charge on any atom is -0.396 e. The van der Waals surface area contributed by atoms with E-state index in [1.54, 1.807) is 0 Å². The molecule has 0 spiro atoms. The fraction of sp³-hybridized carbons (Fsp3) is 1.00. The molecule has 0 atom stereocenters. The molecule has 2 aliphatic carbocycles. The topological polar surface area (TPSA) is 23.5 Å². The highest BCUT2D eigenvalue weighted by molar-refractivity contribution is 4.87. The highest BCUT2D eigenvalue weighted by atomic mass is 16.3. The number of nitrogens with zero attached hydrogens (tertiary/aromatic N) is 1. The van der Waals surface area contributed by atoms with Crippen LogP contribution in [0, 0.1) is 11.3 Å². The molecule has 1 N–H and O–H groups in total. The van der Waals surface area contributed by atoms with Gasteiger partial charge in [0.2, 0.25) is 0 Å². The third-order valence-electron chi connectivity index (χ3n) is 3.87. The smallest absolute Gasteiger partial charge is 0.0499 e. The van der Waals surface area contributed by atoms with E-state index in [0.29, 0.717) is 6.61 Å². The maximum absolute atomic E-state index is 9.49. The van der Waals surface area contributed by atoms with Crippen molar-refractivity contribution < 1.29 is 5.11 Å². The summed E-state index contributed by atoms with van der Waals surface area (Å²) in [5.41, 5.74) is 0.254. The molecule has 0 amide bonds. The minimum absolute atomic E-state index is 0.254. The van der Waals surface area contributed by atoms with Crippen LogP contribution in [-0.2, 0) is 0 Å². The van der Waals surface area contributed by atoms with Crippen molar-refractivity contribution in [2.45, 2.75) is 38.5 Å². The molecule has 2 nitrogen and oxygen atoms in total. The largest absolute Gasteiger partial charge is 0.396 e. The molecule has 0 radical (unpaired) electrons. The molecule has 0 saturated heterocycles. The van der Waals surface area contributed by atoms with Gasteiger partial charge in [0.15, 0.2) is 0 Å². The lowest BCUT2D eigenvalue weighted by molar-refractivity contribution is 0.0873. The quantitative estimate of drug-likeness (QED) is 0.727. The van der Waals surface area contributed by atoms with Gasteiger partial charge < -0.3 is 10.0 Å². The molecule has 2 rings (SSSR count). The predicted octanol–water partition coefficient (Wildman–Crippen LogP) is 1.88. The summed E-state index contributed by atoms with van der Waals surface area (Å²) in [6.45, 7) is 2.75. The molecule has 0 aliphatic heterocycles. The Morgan fingerprint density at radius 2 is 1.93 bits per heavy atom. The van der Waals surface area contributed by atoms with Crippen LogP contribution in [0.1, 0.15) is 38.5 Å². The van der Waals surface area contributed by atoms with Gasteiger partial charge in [-0.3, -0.25) is 0 Å². The zero-order valence-electron chi connectivity index (χ0n) is 9.34. The van der Waals surface area contributed by atoms with Gasteiger partial charge in [0.05, 0.1) is 0 Å². The van der Waals surface area contributed by atoms with Crippen molar-refractivity contribution in [2.24, 2.45) is 11.3 Å². The van der Waals surface area contributed by atoms with Gasteiger partial charge in [-0.2, -0.15) is 0 Å². The van der Waals surface area contributed by atoms with Gasteiger partial charge in [-0.1, -0.05) is 12.8 Å². The fourth-order valence-electron chi connectivity index (χ4n) is 2.87. The van der Waals surface area contributed by atoms with Gasteiger partial charge in [0.1, 0.15) is 0 Å². The van der Waals surface area contributed by atoms with Crippen LogP contribution in [0.4, 0.5) is 0 Å². The second-order valence-electron chi connectivity index (χ2n) is 5.51. The van der Waals surface area contributed by atoms with E-state index >= 15 is 0 Å². The molecule has 82 valence electrons. The summed E-state index contributed by atoms with van der Waals surface area (Å²) in [6.07, 6.45) is 7.96. The van der Waals surface area contributed by atoms with Crippen LogP contribution in [0.3, 0.4) is 0 Å². The first-order valence-corrected chi connectivity index (χ1v) is 6.03. The first-order valence-electron chi connectivity index (χ1n) is 6.03. The Morgan fingerprint density at radius 1 is 1.29 bits per heavy atom. The number of hydrogen-bond donors (Lipinski definition) is 1. The first-order chi connectivity index (χ1) is 6.74. The zero-order valence-corrected chi connectivity index (χ0v) is 9.34. The summed E-state index contributed by atoms with van der Waals surface area (Å²) in [5.74, 6) is 0.970. The normalized spacial score (nSPS) is 25.9. The van der Waals surface area contributed by atoms with Crippen LogP contribution in [0.15, 0.2) is 0 Å². The van der Waals surface area contributed by atoms with E-state index in [9.17, 15) is 5.11 Å². The Bertz CT molecular complexity index is 183. The summed E-state index contributed by atoms with van der Waals surface area (Å²) in [7, 11) is 2.22. The maximum Gasteiger partial charge on any atom is 0.0499 e. The third-order valence-corrected chi connectivity index (χ3v) is 3.87. The van der Waals surface area contributed by atoms with E-state index < -0.39 is 0 Å². The summed E-state index contributed by atoms with van der Waals surface area (Å²) in [4.78, 5) is 2.44. The molecule has 2 aliphatic rings. The molecule has 2 fully saturated rings. The molecule has 14 heavy (non-hydrogen) atoms. The lowest BCUT2D eigenvalue weighted by atomic mass is 9.86. The summed E-state index contributed by atoms with van der Waals surface area (Å²) in [6, 6.07) is 0. The summed E-state index contributed by atoms with van der Waals surface area (Å²) >= 11 is 0. The highest BCUT2D eigenvalue weighted by Gasteiger charge is 2.35. The summed E-state index contributed by atoms with van der Waals surface area (Å²) in [5, 5.41) is 9.49. The van der Waals surface area contributed by atoms with E-state index in [2.05, 4.69) is 11.9 Å². The second kappa shape index (κ2) is 4.19. The van der Waals surface area contributed by atoms with Gasteiger partial charge >= 0.3 is 0 Å². The fourth-order valence-corrected chi connectivity index (χ4v) is 2.87. The van der Waals surface area contributed by atoms with Crippen molar-refractivity contribution in [2.75, 3.05) is 26.7 Å². The Kier molecular flexibility index (Phi) is 3.13. The van der Waals surface area contributed by atoms with Crippen molar-refractivity contribution in [3.8, 4) is 0 Å². The van der Waals surface area contributed by atoms with Crippen LogP contribution in [0.2, 0.25) is 0 Å². The Balaban J connectivity index is 1.79. The average molecular weight is 197 g/mol. The first kappa shape index (κ1) is 10.4. The van der Waals surface area contributed by atoms with Crippen molar-refractivity contribution in [1.29, 1.82) is 0 Å². The Morgan fingerprint density at radius 3 is 2.43 bits per heavy atom. The molecule has 0 unspecified atom stereocenters. The van der Waals surface area contributed by atoms with Gasteiger partial charge in [-0.25, -0.2) is 0 Å². The summed E-state index contributed by atoms with van der Waals surface area (Å²) < 4.78 is 0. The van der Waals surface area contributed by atoms with Crippen molar-refractivity contribution in [1.82, 2.24) is 4.90 Å². The SMILES string of the molecule is CN(CC1CC1)CC1(CO)CCCC1. The number of aliphatic hydroxyl groups is 1. The molecular formula is C12H23NO. The lowest BCUT2D eigenvalue weighted by Crippen LogP contribution is -2.37. The molecule has 0 aromatic heterocycles. The van der Waals surface area contributed by atoms with Gasteiger partial charge in [0, 0.05) is 25.1 Å². The molecule has 0 aromatic carbocycles. The standard InChI is InChI=1S/C12H23NO/c1-13(8-11-4-5-11)9-12(10-14)6-2-3-7-12/h11,14H,2-10H2,1H3. The Labute approximate surface area is 87.3 Å². The van der Waals surface area contributed by atoms with E-state index in [-0.39, 0.29) is 5.41 Å². The van der Waals surface area contributed by atoms with Crippen molar-refractivity contribution in [3.05, 3.63) is 0 Å². The van der Waals surface area contributed by atoms with Crippen molar-refractivity contribution in [3.63, 3.8) is 0 Å². The van der Waals surface area contributed by atoms with Gasteiger partial charge in [0.25, 0.3) is 0 Å². The second-order valence-corrected chi connectivity index (χ2v) is 5.51. The molecule has 2 saturated carbocycles. The molecule has 0 heterocycles. The van der Waals surface area contributed by atoms with Gasteiger partial charge in [-0.15, -0.1) is 0 Å². The number of aliphatic hydroxyl groups excluding tert-OH is 1. The molecule has 2 heteroatoms. The highest BCUT2D eigenvalue weighted by Crippen LogP contribution is 2.39. The lowest BCUT2D eigenvalue weighted by Gasteiger charge is -2.31. The minimum atomic E-state index is 0.254. The van der Waals surface area contributed by atoms with Gasteiger partial charge in [-0.05, 0) is 38.6 Å². The monoisotopic (exact) mass is 197 g/mol. The number of hydrogen-bond acceptors (Lipinski definition) is 2. The van der Waals surface area contributed by atoms with Crippen LogP contribution < -0.4 is 0 Å². The van der Waals surface area contributed by atoms with Crippen LogP contribution in [-0.4, -0.2) is 36.8 Å². The third kappa shape index (κ3) is 2.48. The predicted molar refractivity (Wildman–Crippen MR) is 58.2 cm³/mol. The molecular weight excluding hydrogens is 174 g/mol. The maximum atomic E-state index is 9.49. The van der Waals surface area contributed by atoms with E-state index in [0.717, 1.165) is 12.5 Å². The van der Waals surface area contributed by atoms with Crippen LogP contribution >= 0.6 is 0 Å². The van der Waals surface area contributed by atoms with E-state index in [4.69, 9.17) is 0 Å². The Hall–Kier alpha value is -0.0800. The number of rotatable bonds is 5. The van der Waals surface area contributed by atoms with E-state index in [1.165, 1.54) is 45.1 Å². The van der Waals surface area contributed by atoms with Crippen molar-refractivity contribution >= 4 is 0 Å². The molecule has 0 bridgehead atoms. The van der Waals surface area contributed by atoms with Crippen LogP contribution in [0.25, 0.3) is 0 Å².